The van der Waals surface area contributed by atoms with E-state index in [0.717, 1.165) is 32.1 Å². The predicted molar refractivity (Wildman–Crippen MR) is 129 cm³/mol. The largest absolute Gasteiger partial charge is 0.354 e. The summed E-state index contributed by atoms with van der Waals surface area (Å²) in [5.41, 5.74) is 1.25. The van der Waals surface area contributed by atoms with Crippen LogP contribution in [0.15, 0.2) is 54.7 Å². The molecule has 0 bridgehead atoms. The summed E-state index contributed by atoms with van der Waals surface area (Å²) in [7, 11) is 0. The molecule has 2 aromatic carbocycles. The van der Waals surface area contributed by atoms with Crippen molar-refractivity contribution in [3.05, 3.63) is 60.3 Å². The molecule has 1 atom stereocenters. The standard InChI is InChI=1S/C26H35N3O3/c1-3-16-27-26(32)19-29(20-30)17-7-6-9-21(2)28-25(31)13-8-10-22-14-15-23-11-4-5-12-24(23)18-22/h3-5,11-12,14-16,18,20-21H,6-10,13,17,19H2,1-2H3,(H,27,32)(H,28,31)/b16-3+. The Kier molecular flexibility index (Phi) is 11.0. The van der Waals surface area contributed by atoms with E-state index in [-0.39, 0.29) is 24.4 Å². The molecular weight excluding hydrogens is 402 g/mol. The Morgan fingerprint density at radius 1 is 1.03 bits per heavy atom. The van der Waals surface area contributed by atoms with Crippen molar-refractivity contribution in [2.75, 3.05) is 13.1 Å². The maximum atomic E-state index is 12.2. The first-order valence-electron chi connectivity index (χ1n) is 11.4. The van der Waals surface area contributed by atoms with Crippen molar-refractivity contribution in [3.63, 3.8) is 0 Å². The van der Waals surface area contributed by atoms with Crippen molar-refractivity contribution in [1.29, 1.82) is 0 Å². The molecule has 6 heteroatoms. The molecule has 6 nitrogen and oxygen atoms in total. The van der Waals surface area contributed by atoms with E-state index in [1.54, 1.807) is 12.3 Å². The van der Waals surface area contributed by atoms with Crippen molar-refractivity contribution in [3.8, 4) is 0 Å². The maximum absolute atomic E-state index is 12.2. The van der Waals surface area contributed by atoms with E-state index in [9.17, 15) is 14.4 Å². The third-order valence-corrected chi connectivity index (χ3v) is 5.33. The second-order valence-corrected chi connectivity index (χ2v) is 8.14. The molecule has 0 aliphatic rings. The summed E-state index contributed by atoms with van der Waals surface area (Å²) in [6.07, 6.45) is 8.70. The lowest BCUT2D eigenvalue weighted by Gasteiger charge is -2.17. The quantitative estimate of drug-likeness (QED) is 0.347. The lowest BCUT2D eigenvalue weighted by atomic mass is 10.0. The van der Waals surface area contributed by atoms with Crippen molar-refractivity contribution >= 4 is 29.0 Å². The van der Waals surface area contributed by atoms with Gasteiger partial charge in [0.2, 0.25) is 18.2 Å². The fourth-order valence-corrected chi connectivity index (χ4v) is 3.61. The first-order chi connectivity index (χ1) is 15.5. The number of hydrogen-bond donors (Lipinski definition) is 2. The molecule has 0 radical (unpaired) electrons. The number of rotatable bonds is 14. The number of hydrogen-bond acceptors (Lipinski definition) is 3. The van der Waals surface area contributed by atoms with Crippen LogP contribution in [0.3, 0.4) is 0 Å². The number of unbranched alkanes of at least 4 members (excludes halogenated alkanes) is 1. The van der Waals surface area contributed by atoms with E-state index < -0.39 is 0 Å². The zero-order chi connectivity index (χ0) is 23.2. The van der Waals surface area contributed by atoms with Crippen molar-refractivity contribution in [2.45, 2.75) is 58.4 Å². The predicted octanol–water partition coefficient (Wildman–Crippen LogP) is 3.95. The van der Waals surface area contributed by atoms with Gasteiger partial charge in [0.15, 0.2) is 0 Å². The first kappa shape index (κ1) is 25.1. The van der Waals surface area contributed by atoms with Crippen molar-refractivity contribution in [2.24, 2.45) is 0 Å². The highest BCUT2D eigenvalue weighted by Gasteiger charge is 2.10. The average molecular weight is 438 g/mol. The van der Waals surface area contributed by atoms with E-state index in [4.69, 9.17) is 0 Å². The minimum atomic E-state index is -0.209. The summed E-state index contributed by atoms with van der Waals surface area (Å²) >= 11 is 0. The number of nitrogens with zero attached hydrogens (tertiary/aromatic N) is 1. The van der Waals surface area contributed by atoms with Gasteiger partial charge in [-0.05, 0) is 68.5 Å². The number of nitrogens with one attached hydrogen (secondary N) is 2. The second-order valence-electron chi connectivity index (χ2n) is 8.14. The summed E-state index contributed by atoms with van der Waals surface area (Å²) in [4.78, 5) is 36.5. The van der Waals surface area contributed by atoms with Gasteiger partial charge in [-0.15, -0.1) is 0 Å². The van der Waals surface area contributed by atoms with Gasteiger partial charge in [0, 0.05) is 19.0 Å². The van der Waals surface area contributed by atoms with Gasteiger partial charge in [0.25, 0.3) is 0 Å². The molecule has 0 aliphatic carbocycles. The van der Waals surface area contributed by atoms with Crippen LogP contribution in [-0.2, 0) is 20.8 Å². The molecule has 2 rings (SSSR count). The summed E-state index contributed by atoms with van der Waals surface area (Å²) in [5.74, 6) is -0.132. The summed E-state index contributed by atoms with van der Waals surface area (Å²) in [6.45, 7) is 4.39. The number of allylic oxidation sites excluding steroid dienone is 1. The Bertz CT molecular complexity index is 910. The number of benzene rings is 2. The Labute approximate surface area is 191 Å². The Morgan fingerprint density at radius 2 is 1.81 bits per heavy atom. The second kappa shape index (κ2) is 14.0. The number of fused-ring (bicyclic) bond motifs is 1. The topological polar surface area (TPSA) is 78.5 Å². The minimum absolute atomic E-state index is 0.0529. The molecule has 0 spiro atoms. The molecule has 2 N–H and O–H groups in total. The van der Waals surface area contributed by atoms with Gasteiger partial charge >= 0.3 is 0 Å². The van der Waals surface area contributed by atoms with Gasteiger partial charge in [-0.2, -0.15) is 0 Å². The molecule has 0 saturated carbocycles. The summed E-state index contributed by atoms with van der Waals surface area (Å²) in [6, 6.07) is 14.8. The fourth-order valence-electron chi connectivity index (χ4n) is 3.61. The van der Waals surface area contributed by atoms with Gasteiger partial charge in [0.05, 0.1) is 6.54 Å². The highest BCUT2D eigenvalue weighted by atomic mass is 16.2. The molecule has 0 saturated heterocycles. The van der Waals surface area contributed by atoms with Gasteiger partial charge in [-0.25, -0.2) is 0 Å². The zero-order valence-electron chi connectivity index (χ0n) is 19.2. The smallest absolute Gasteiger partial charge is 0.243 e. The average Bonchev–Trinajstić information content (AvgIpc) is 2.79. The molecule has 3 amide bonds. The third kappa shape index (κ3) is 9.33. The highest BCUT2D eigenvalue weighted by molar-refractivity contribution is 5.83. The molecule has 2 aromatic rings. The van der Waals surface area contributed by atoms with Crippen LogP contribution in [0.2, 0.25) is 0 Å². The minimum Gasteiger partial charge on any atom is -0.354 e. The maximum Gasteiger partial charge on any atom is 0.243 e. The monoisotopic (exact) mass is 437 g/mol. The Morgan fingerprint density at radius 3 is 2.56 bits per heavy atom. The number of carbonyl (C=O) groups is 3. The van der Waals surface area contributed by atoms with Crippen LogP contribution < -0.4 is 10.6 Å². The van der Waals surface area contributed by atoms with Crippen LogP contribution in [0.4, 0.5) is 0 Å². The lowest BCUT2D eigenvalue weighted by Crippen LogP contribution is -2.35. The summed E-state index contributed by atoms with van der Waals surface area (Å²) < 4.78 is 0. The van der Waals surface area contributed by atoms with Crippen LogP contribution >= 0.6 is 0 Å². The molecule has 1 unspecified atom stereocenters. The first-order valence-corrected chi connectivity index (χ1v) is 11.4. The van der Waals surface area contributed by atoms with E-state index >= 15 is 0 Å². The number of amides is 3. The van der Waals surface area contributed by atoms with E-state index in [2.05, 4.69) is 41.0 Å². The zero-order valence-corrected chi connectivity index (χ0v) is 19.2. The molecule has 0 aromatic heterocycles. The normalized spacial score (nSPS) is 11.9. The Hall–Kier alpha value is -3.15. The summed E-state index contributed by atoms with van der Waals surface area (Å²) in [5, 5.41) is 8.12. The molecule has 0 heterocycles. The van der Waals surface area contributed by atoms with Crippen molar-refractivity contribution in [1.82, 2.24) is 15.5 Å². The Balaban J connectivity index is 1.59. The van der Waals surface area contributed by atoms with Crippen LogP contribution in [0.25, 0.3) is 10.8 Å². The van der Waals surface area contributed by atoms with E-state index in [0.29, 0.717) is 19.4 Å². The van der Waals surface area contributed by atoms with Crippen molar-refractivity contribution < 1.29 is 14.4 Å². The van der Waals surface area contributed by atoms with Crippen LogP contribution in [0.5, 0.6) is 0 Å². The lowest BCUT2D eigenvalue weighted by molar-refractivity contribution is -0.127. The van der Waals surface area contributed by atoms with Crippen LogP contribution in [0, 0.1) is 0 Å². The SMILES string of the molecule is C/C=C/NC(=O)CN(C=O)CCCCC(C)NC(=O)CCCc1ccc2ccccc2c1. The van der Waals surface area contributed by atoms with E-state index in [1.807, 2.05) is 26.0 Å². The molecule has 0 fully saturated rings. The van der Waals surface area contributed by atoms with Gasteiger partial charge in [-0.3, -0.25) is 14.4 Å². The molecule has 32 heavy (non-hydrogen) atoms. The van der Waals surface area contributed by atoms with Gasteiger partial charge < -0.3 is 15.5 Å². The molecule has 172 valence electrons. The third-order valence-electron chi connectivity index (χ3n) is 5.33. The van der Waals surface area contributed by atoms with Gasteiger partial charge in [-0.1, -0.05) is 48.5 Å². The van der Waals surface area contributed by atoms with Crippen LogP contribution in [-0.4, -0.2) is 42.3 Å². The molecular formula is C26H35N3O3. The van der Waals surface area contributed by atoms with E-state index in [1.165, 1.54) is 21.2 Å². The highest BCUT2D eigenvalue weighted by Crippen LogP contribution is 2.17. The number of carbonyl (C=O) groups excluding carboxylic acids is 3. The number of aryl methyl sites for hydroxylation is 1. The fraction of sp³-hybridized carbons (Fsp3) is 0.423. The van der Waals surface area contributed by atoms with Gasteiger partial charge in [0.1, 0.15) is 0 Å². The molecule has 0 aliphatic heterocycles. The van der Waals surface area contributed by atoms with Crippen LogP contribution in [0.1, 0.15) is 51.5 Å².